The third-order valence-electron chi connectivity index (χ3n) is 2.37. The first-order chi connectivity index (χ1) is 8.17. The topological polar surface area (TPSA) is 48.7 Å². The van der Waals surface area contributed by atoms with Gasteiger partial charge in [-0.05, 0) is 43.7 Å². The average Bonchev–Trinajstić information content (AvgIpc) is 2.28. The third kappa shape index (κ3) is 2.82. The Hall–Kier alpha value is -2.34. The molecule has 0 unspecified atom stereocenters. The van der Waals surface area contributed by atoms with E-state index in [0.29, 0.717) is 11.4 Å². The van der Waals surface area contributed by atoms with Crippen molar-refractivity contribution >= 4 is 11.5 Å². The smallest absolute Gasteiger partial charge is 0.131 e. The second-order valence-corrected chi connectivity index (χ2v) is 3.99. The molecule has 17 heavy (non-hydrogen) atoms. The first kappa shape index (κ1) is 11.2. The number of pyridine rings is 1. The molecule has 0 spiro atoms. The lowest BCUT2D eigenvalue weighted by molar-refractivity contribution is 1.19. The minimum absolute atomic E-state index is 0.618. The van der Waals surface area contributed by atoms with E-state index < -0.39 is 0 Å². The van der Waals surface area contributed by atoms with Gasteiger partial charge < -0.3 is 5.32 Å². The van der Waals surface area contributed by atoms with Crippen LogP contribution in [-0.2, 0) is 0 Å². The van der Waals surface area contributed by atoms with Gasteiger partial charge in [0.2, 0.25) is 0 Å². The zero-order valence-corrected chi connectivity index (χ0v) is 9.86. The highest BCUT2D eigenvalue weighted by molar-refractivity contribution is 5.58. The zero-order valence-electron chi connectivity index (χ0n) is 9.86. The molecule has 0 aliphatic rings. The minimum atomic E-state index is 0.618. The summed E-state index contributed by atoms with van der Waals surface area (Å²) >= 11 is 0. The Labute approximate surface area is 101 Å². The molecule has 1 heterocycles. The van der Waals surface area contributed by atoms with Gasteiger partial charge in [0, 0.05) is 11.4 Å². The van der Waals surface area contributed by atoms with Gasteiger partial charge in [0.25, 0.3) is 0 Å². The number of hydrogen-bond acceptors (Lipinski definition) is 3. The highest BCUT2D eigenvalue weighted by Gasteiger charge is 2.00. The summed E-state index contributed by atoms with van der Waals surface area (Å²) in [5.74, 6) is 0.701. The Bertz CT molecular complexity index is 582. The van der Waals surface area contributed by atoms with E-state index in [1.807, 2.05) is 38.1 Å². The van der Waals surface area contributed by atoms with Crippen molar-refractivity contribution < 1.29 is 0 Å². The molecule has 0 amide bonds. The summed E-state index contributed by atoms with van der Waals surface area (Å²) in [7, 11) is 0. The van der Waals surface area contributed by atoms with Gasteiger partial charge in [0.05, 0.1) is 11.6 Å². The number of benzene rings is 1. The number of nitrogens with one attached hydrogen (secondary N) is 1. The van der Waals surface area contributed by atoms with Crippen LogP contribution in [0.1, 0.15) is 16.8 Å². The summed E-state index contributed by atoms with van der Waals surface area (Å²) in [4.78, 5) is 4.34. The fourth-order valence-electron chi connectivity index (χ4n) is 1.67. The molecule has 0 saturated heterocycles. The number of aryl methyl sites for hydroxylation is 2. The molecule has 0 bridgehead atoms. The molecular formula is C14H13N3. The van der Waals surface area contributed by atoms with Gasteiger partial charge in [-0.3, -0.25) is 0 Å². The molecule has 0 aliphatic heterocycles. The lowest BCUT2D eigenvalue weighted by atomic mass is 10.2. The number of aromatic nitrogens is 1. The van der Waals surface area contributed by atoms with Crippen LogP contribution in [0.2, 0.25) is 0 Å². The monoisotopic (exact) mass is 223 g/mol. The number of hydrogen-bond donors (Lipinski definition) is 1. The fraction of sp³-hybridized carbons (Fsp3) is 0.143. The van der Waals surface area contributed by atoms with Gasteiger partial charge >= 0.3 is 0 Å². The van der Waals surface area contributed by atoms with Gasteiger partial charge in [-0.2, -0.15) is 5.26 Å². The van der Waals surface area contributed by atoms with Crippen molar-refractivity contribution in [2.45, 2.75) is 13.8 Å². The molecule has 3 heteroatoms. The molecule has 2 rings (SSSR count). The summed E-state index contributed by atoms with van der Waals surface area (Å²) in [6.45, 7) is 3.91. The van der Waals surface area contributed by atoms with E-state index in [1.54, 1.807) is 12.1 Å². The Balaban J connectivity index is 2.30. The van der Waals surface area contributed by atoms with Crippen molar-refractivity contribution in [3.63, 3.8) is 0 Å². The van der Waals surface area contributed by atoms with Crippen LogP contribution in [0.4, 0.5) is 11.5 Å². The average molecular weight is 223 g/mol. The first-order valence-corrected chi connectivity index (χ1v) is 5.40. The SMILES string of the molecule is Cc1cccc(Nc2cc(C#N)cc(C)n2)c1. The van der Waals surface area contributed by atoms with E-state index in [2.05, 4.69) is 16.4 Å². The number of anilines is 2. The molecule has 84 valence electrons. The molecule has 0 fully saturated rings. The van der Waals surface area contributed by atoms with Gasteiger partial charge in [0.1, 0.15) is 5.82 Å². The van der Waals surface area contributed by atoms with Crippen LogP contribution in [0.5, 0.6) is 0 Å². The van der Waals surface area contributed by atoms with Crippen LogP contribution in [0, 0.1) is 25.2 Å². The third-order valence-corrected chi connectivity index (χ3v) is 2.37. The molecule has 2 aromatic rings. The lowest BCUT2D eigenvalue weighted by Crippen LogP contribution is -1.96. The van der Waals surface area contributed by atoms with E-state index in [-0.39, 0.29) is 0 Å². The summed E-state index contributed by atoms with van der Waals surface area (Å²) in [6, 6.07) is 13.7. The van der Waals surface area contributed by atoms with E-state index in [0.717, 1.165) is 11.4 Å². The summed E-state index contributed by atoms with van der Waals surface area (Å²) in [5, 5.41) is 12.1. The highest BCUT2D eigenvalue weighted by Crippen LogP contribution is 2.17. The maximum Gasteiger partial charge on any atom is 0.131 e. The highest BCUT2D eigenvalue weighted by atomic mass is 15.0. The second-order valence-electron chi connectivity index (χ2n) is 3.99. The van der Waals surface area contributed by atoms with Crippen LogP contribution >= 0.6 is 0 Å². The van der Waals surface area contributed by atoms with E-state index in [1.165, 1.54) is 5.56 Å². The van der Waals surface area contributed by atoms with E-state index in [9.17, 15) is 0 Å². The zero-order chi connectivity index (χ0) is 12.3. The van der Waals surface area contributed by atoms with E-state index in [4.69, 9.17) is 5.26 Å². The lowest BCUT2D eigenvalue weighted by Gasteiger charge is -2.07. The molecule has 1 aromatic carbocycles. The first-order valence-electron chi connectivity index (χ1n) is 5.40. The van der Waals surface area contributed by atoms with Crippen molar-refractivity contribution in [3.8, 4) is 6.07 Å². The normalized spacial score (nSPS) is 9.71. The molecule has 3 nitrogen and oxygen atoms in total. The maximum atomic E-state index is 8.89. The second kappa shape index (κ2) is 4.67. The van der Waals surface area contributed by atoms with Crippen LogP contribution in [0.25, 0.3) is 0 Å². The fourth-order valence-corrected chi connectivity index (χ4v) is 1.67. The predicted molar refractivity (Wildman–Crippen MR) is 68.2 cm³/mol. The van der Waals surface area contributed by atoms with Gasteiger partial charge in [-0.15, -0.1) is 0 Å². The predicted octanol–water partition coefficient (Wildman–Crippen LogP) is 3.31. The molecule has 0 atom stereocenters. The summed E-state index contributed by atoms with van der Waals surface area (Å²) < 4.78 is 0. The van der Waals surface area contributed by atoms with Crippen LogP contribution < -0.4 is 5.32 Å². The molecule has 0 aliphatic carbocycles. The van der Waals surface area contributed by atoms with Crippen molar-refractivity contribution in [3.05, 3.63) is 53.2 Å². The quantitative estimate of drug-likeness (QED) is 0.849. The van der Waals surface area contributed by atoms with Gasteiger partial charge in [-0.25, -0.2) is 4.98 Å². The Morgan fingerprint density at radius 1 is 1.18 bits per heavy atom. The molecule has 1 aromatic heterocycles. The summed E-state index contributed by atoms with van der Waals surface area (Å²) in [6.07, 6.45) is 0. The molecule has 1 N–H and O–H groups in total. The van der Waals surface area contributed by atoms with Crippen molar-refractivity contribution in [2.75, 3.05) is 5.32 Å². The maximum absolute atomic E-state index is 8.89. The number of nitriles is 1. The summed E-state index contributed by atoms with van der Waals surface area (Å²) in [5.41, 5.74) is 3.61. The standard InChI is InChI=1S/C14H13N3/c1-10-4-3-5-13(6-10)17-14-8-12(9-15)7-11(2)16-14/h3-8H,1-2H3,(H,16,17). The van der Waals surface area contributed by atoms with Crippen molar-refractivity contribution in [1.82, 2.24) is 4.98 Å². The molecular weight excluding hydrogens is 210 g/mol. The molecule has 0 radical (unpaired) electrons. The molecule has 0 saturated carbocycles. The van der Waals surface area contributed by atoms with E-state index >= 15 is 0 Å². The number of nitrogens with zero attached hydrogens (tertiary/aromatic N) is 2. The van der Waals surface area contributed by atoms with Crippen molar-refractivity contribution in [2.24, 2.45) is 0 Å². The van der Waals surface area contributed by atoms with Gasteiger partial charge in [0.15, 0.2) is 0 Å². The number of rotatable bonds is 2. The van der Waals surface area contributed by atoms with Crippen LogP contribution in [0.3, 0.4) is 0 Å². The van der Waals surface area contributed by atoms with Crippen LogP contribution in [0.15, 0.2) is 36.4 Å². The Morgan fingerprint density at radius 2 is 2.00 bits per heavy atom. The Kier molecular flexibility index (Phi) is 3.06. The van der Waals surface area contributed by atoms with Crippen LogP contribution in [-0.4, -0.2) is 4.98 Å². The Morgan fingerprint density at radius 3 is 2.71 bits per heavy atom. The minimum Gasteiger partial charge on any atom is -0.340 e. The van der Waals surface area contributed by atoms with Crippen molar-refractivity contribution in [1.29, 1.82) is 5.26 Å². The van der Waals surface area contributed by atoms with Gasteiger partial charge in [-0.1, -0.05) is 12.1 Å². The largest absolute Gasteiger partial charge is 0.340 e.